The molecule has 1 fully saturated rings. The van der Waals surface area contributed by atoms with E-state index in [1.165, 1.54) is 6.07 Å². The summed E-state index contributed by atoms with van der Waals surface area (Å²) in [5, 5.41) is 0. The van der Waals surface area contributed by atoms with Crippen LogP contribution in [-0.2, 0) is 4.79 Å². The number of rotatable bonds is 5. The van der Waals surface area contributed by atoms with Gasteiger partial charge in [-0.25, -0.2) is 4.39 Å². The average molecular weight is 251 g/mol. The molecule has 0 unspecified atom stereocenters. The van der Waals surface area contributed by atoms with Gasteiger partial charge >= 0.3 is 0 Å². The maximum absolute atomic E-state index is 13.3. The van der Waals surface area contributed by atoms with Crippen LogP contribution >= 0.6 is 0 Å². The lowest BCUT2D eigenvalue weighted by Crippen LogP contribution is -2.36. The maximum atomic E-state index is 13.3. The number of halogens is 1. The molecule has 4 heteroatoms. The molecule has 1 aliphatic heterocycles. The lowest BCUT2D eigenvalue weighted by atomic mass is 9.99. The SMILES string of the molecule is O=CC1CCN(CCOc2ccccc2F)CC1. The van der Waals surface area contributed by atoms with Crippen LogP contribution in [0.3, 0.4) is 0 Å². The van der Waals surface area contributed by atoms with Crippen molar-refractivity contribution in [2.24, 2.45) is 5.92 Å². The smallest absolute Gasteiger partial charge is 0.165 e. The quantitative estimate of drug-likeness (QED) is 0.751. The van der Waals surface area contributed by atoms with Crippen molar-refractivity contribution < 1.29 is 13.9 Å². The van der Waals surface area contributed by atoms with Gasteiger partial charge in [0.25, 0.3) is 0 Å². The van der Waals surface area contributed by atoms with E-state index in [-0.39, 0.29) is 11.7 Å². The average Bonchev–Trinajstić information content (AvgIpc) is 2.42. The van der Waals surface area contributed by atoms with Crippen LogP contribution in [0.25, 0.3) is 0 Å². The molecule has 1 aromatic rings. The van der Waals surface area contributed by atoms with Crippen molar-refractivity contribution in [1.82, 2.24) is 4.90 Å². The van der Waals surface area contributed by atoms with Gasteiger partial charge in [-0.1, -0.05) is 12.1 Å². The van der Waals surface area contributed by atoms with Crippen LogP contribution in [0.4, 0.5) is 4.39 Å². The van der Waals surface area contributed by atoms with Crippen molar-refractivity contribution in [3.8, 4) is 5.75 Å². The van der Waals surface area contributed by atoms with Gasteiger partial charge in [-0.3, -0.25) is 4.90 Å². The summed E-state index contributed by atoms with van der Waals surface area (Å²) >= 11 is 0. The van der Waals surface area contributed by atoms with Crippen LogP contribution in [0.5, 0.6) is 5.75 Å². The maximum Gasteiger partial charge on any atom is 0.165 e. The van der Waals surface area contributed by atoms with E-state index in [1.54, 1.807) is 18.2 Å². The number of ether oxygens (including phenoxy) is 1. The second kappa shape index (κ2) is 6.50. The number of hydrogen-bond acceptors (Lipinski definition) is 3. The highest BCUT2D eigenvalue weighted by Gasteiger charge is 2.18. The molecule has 0 aliphatic carbocycles. The van der Waals surface area contributed by atoms with Gasteiger partial charge in [0, 0.05) is 12.5 Å². The molecule has 1 heterocycles. The van der Waals surface area contributed by atoms with E-state index >= 15 is 0 Å². The van der Waals surface area contributed by atoms with Gasteiger partial charge in [-0.2, -0.15) is 0 Å². The molecule has 98 valence electrons. The molecule has 1 saturated heterocycles. The van der Waals surface area contributed by atoms with Crippen LogP contribution < -0.4 is 4.74 Å². The molecule has 2 rings (SSSR count). The predicted molar refractivity (Wildman–Crippen MR) is 67.1 cm³/mol. The van der Waals surface area contributed by atoms with E-state index in [2.05, 4.69) is 4.90 Å². The topological polar surface area (TPSA) is 29.5 Å². The molecule has 0 N–H and O–H groups in total. The van der Waals surface area contributed by atoms with E-state index in [1.807, 2.05) is 0 Å². The second-order valence-corrected chi connectivity index (χ2v) is 4.59. The fourth-order valence-corrected chi connectivity index (χ4v) is 2.16. The molecule has 0 amide bonds. The third kappa shape index (κ3) is 3.53. The Balaban J connectivity index is 1.70. The van der Waals surface area contributed by atoms with Gasteiger partial charge in [-0.05, 0) is 38.1 Å². The van der Waals surface area contributed by atoms with Crippen molar-refractivity contribution in [2.45, 2.75) is 12.8 Å². The summed E-state index contributed by atoms with van der Waals surface area (Å²) in [4.78, 5) is 12.9. The molecule has 0 aromatic heterocycles. The van der Waals surface area contributed by atoms with Crippen LogP contribution in [0.1, 0.15) is 12.8 Å². The number of likely N-dealkylation sites (tertiary alicyclic amines) is 1. The van der Waals surface area contributed by atoms with Crippen LogP contribution in [0, 0.1) is 11.7 Å². The number of para-hydroxylation sites is 1. The highest BCUT2D eigenvalue weighted by molar-refractivity contribution is 5.53. The minimum absolute atomic E-state index is 0.216. The van der Waals surface area contributed by atoms with E-state index in [0.717, 1.165) is 38.8 Å². The molecule has 0 atom stereocenters. The first kappa shape index (κ1) is 13.0. The highest BCUT2D eigenvalue weighted by atomic mass is 19.1. The van der Waals surface area contributed by atoms with Gasteiger partial charge in [0.2, 0.25) is 0 Å². The Morgan fingerprint density at radius 2 is 2.06 bits per heavy atom. The Kier molecular flexibility index (Phi) is 4.70. The van der Waals surface area contributed by atoms with Gasteiger partial charge < -0.3 is 9.53 Å². The molecule has 1 aromatic carbocycles. The Hall–Kier alpha value is -1.42. The lowest BCUT2D eigenvalue weighted by molar-refractivity contribution is -0.112. The fourth-order valence-electron chi connectivity index (χ4n) is 2.16. The number of benzene rings is 1. The third-order valence-corrected chi connectivity index (χ3v) is 3.33. The van der Waals surface area contributed by atoms with Gasteiger partial charge in [0.15, 0.2) is 11.6 Å². The van der Waals surface area contributed by atoms with Crippen molar-refractivity contribution in [3.05, 3.63) is 30.1 Å². The number of carbonyl (C=O) groups is 1. The van der Waals surface area contributed by atoms with Crippen molar-refractivity contribution in [2.75, 3.05) is 26.2 Å². The first-order valence-electron chi connectivity index (χ1n) is 6.34. The Morgan fingerprint density at radius 1 is 1.33 bits per heavy atom. The Morgan fingerprint density at radius 3 is 2.72 bits per heavy atom. The number of piperidine rings is 1. The van der Waals surface area contributed by atoms with Crippen molar-refractivity contribution >= 4 is 6.29 Å². The predicted octanol–water partition coefficient (Wildman–Crippen LogP) is 2.12. The molecule has 0 spiro atoms. The van der Waals surface area contributed by atoms with Crippen LogP contribution in [0.2, 0.25) is 0 Å². The monoisotopic (exact) mass is 251 g/mol. The summed E-state index contributed by atoms with van der Waals surface area (Å²) in [6, 6.07) is 6.43. The lowest BCUT2D eigenvalue weighted by Gasteiger charge is -2.29. The number of nitrogens with zero attached hydrogens (tertiary/aromatic N) is 1. The molecule has 0 bridgehead atoms. The van der Waals surface area contributed by atoms with Crippen LogP contribution in [0.15, 0.2) is 24.3 Å². The fraction of sp³-hybridized carbons (Fsp3) is 0.500. The Labute approximate surface area is 107 Å². The molecule has 0 radical (unpaired) electrons. The van der Waals surface area contributed by atoms with Crippen LogP contribution in [-0.4, -0.2) is 37.4 Å². The minimum atomic E-state index is -0.322. The van der Waals surface area contributed by atoms with Crippen molar-refractivity contribution in [3.63, 3.8) is 0 Å². The molecular weight excluding hydrogens is 233 g/mol. The summed E-state index contributed by atoms with van der Waals surface area (Å²) < 4.78 is 18.7. The Bertz CT molecular complexity index is 389. The van der Waals surface area contributed by atoms with Gasteiger partial charge in [0.1, 0.15) is 12.9 Å². The van der Waals surface area contributed by atoms with E-state index in [9.17, 15) is 9.18 Å². The van der Waals surface area contributed by atoms with E-state index in [0.29, 0.717) is 12.4 Å². The zero-order valence-corrected chi connectivity index (χ0v) is 10.3. The summed E-state index contributed by atoms with van der Waals surface area (Å²) in [5.74, 6) is 0.200. The molecule has 0 saturated carbocycles. The normalized spacial score (nSPS) is 17.6. The summed E-state index contributed by atoms with van der Waals surface area (Å²) in [6.45, 7) is 3.10. The summed E-state index contributed by atoms with van der Waals surface area (Å²) in [5.41, 5.74) is 0. The second-order valence-electron chi connectivity index (χ2n) is 4.59. The molecule has 18 heavy (non-hydrogen) atoms. The largest absolute Gasteiger partial charge is 0.489 e. The van der Waals surface area contributed by atoms with Crippen molar-refractivity contribution in [1.29, 1.82) is 0 Å². The van der Waals surface area contributed by atoms with E-state index < -0.39 is 0 Å². The standard InChI is InChI=1S/C14H18FNO2/c15-13-3-1-2-4-14(13)18-10-9-16-7-5-12(11-17)6-8-16/h1-4,11-12H,5-10H2. The summed E-state index contributed by atoms with van der Waals surface area (Å²) in [7, 11) is 0. The molecule has 3 nitrogen and oxygen atoms in total. The van der Waals surface area contributed by atoms with Gasteiger partial charge in [0.05, 0.1) is 0 Å². The first-order valence-corrected chi connectivity index (χ1v) is 6.34. The zero-order chi connectivity index (χ0) is 12.8. The number of hydrogen-bond donors (Lipinski definition) is 0. The highest BCUT2D eigenvalue weighted by Crippen LogP contribution is 2.17. The number of aldehydes is 1. The number of carbonyl (C=O) groups excluding carboxylic acids is 1. The van der Waals surface area contributed by atoms with Gasteiger partial charge in [-0.15, -0.1) is 0 Å². The zero-order valence-electron chi connectivity index (χ0n) is 10.3. The summed E-state index contributed by atoms with van der Waals surface area (Å²) in [6.07, 6.45) is 2.89. The van der Waals surface area contributed by atoms with E-state index in [4.69, 9.17) is 4.74 Å². The minimum Gasteiger partial charge on any atom is -0.489 e. The third-order valence-electron chi connectivity index (χ3n) is 3.33. The molecule has 1 aliphatic rings. The first-order chi connectivity index (χ1) is 8.79. The molecular formula is C14H18FNO2.